The summed E-state index contributed by atoms with van der Waals surface area (Å²) in [5.41, 5.74) is 4.04. The average Bonchev–Trinajstić information content (AvgIpc) is 0.956. The Morgan fingerprint density at radius 1 is 0.365 bits per heavy atom. The van der Waals surface area contributed by atoms with Gasteiger partial charge in [0.1, 0.15) is 87.4 Å². The number of aliphatic hydroxyl groups excluding tert-OH is 2. The van der Waals surface area contributed by atoms with Gasteiger partial charge in [-0.1, -0.05) is 196 Å². The van der Waals surface area contributed by atoms with E-state index < -0.39 is 163 Å². The molecule has 6 aromatic carbocycles. The molecule has 1 heterocycles. The molecule has 16 N–H and O–H groups in total. The summed E-state index contributed by atoms with van der Waals surface area (Å²) in [6.45, 7) is 5.12. The van der Waals surface area contributed by atoms with Gasteiger partial charge in [-0.15, -0.1) is 0 Å². The van der Waals surface area contributed by atoms with Crippen LogP contribution >= 0.6 is 0 Å². The molecule has 6 aromatic rings. The summed E-state index contributed by atoms with van der Waals surface area (Å²) in [7, 11) is 0. The smallest absolute Gasteiger partial charge is 0.408 e. The van der Waals surface area contributed by atoms with Crippen LogP contribution in [-0.2, 0) is 106 Å². The number of carbonyl (C=O) groups excluding carboxylic acids is 14. The van der Waals surface area contributed by atoms with E-state index in [9.17, 15) is 48.6 Å². The zero-order chi connectivity index (χ0) is 90.8. The minimum Gasteiger partial charge on any atom is -0.445 e. The Hall–Kier alpha value is -13.2. The molecule has 0 unspecified atom stereocenters. The molecule has 35 heteroatoms. The Bertz CT molecular complexity index is 4390. The van der Waals surface area contributed by atoms with Gasteiger partial charge in [0.05, 0.1) is 12.2 Å². The minimum absolute atomic E-state index is 0.0000244. The normalized spacial score (nSPS) is 18.3. The van der Waals surface area contributed by atoms with E-state index in [4.69, 9.17) is 23.7 Å². The number of hydrogen-bond donors (Lipinski definition) is 16. The highest BCUT2D eigenvalue weighted by molar-refractivity contribution is 5.99. The van der Waals surface area contributed by atoms with Crippen molar-refractivity contribution in [3.8, 4) is 0 Å². The Kier molecular flexibility index (Phi) is 44.3. The standard InChI is InChI=1S/C91H120N14O21/c1-60(2)53-74-83(113)99-69(43-23-27-48-93-87(117)122-55-64-33-13-6-14-34-64)78(108)98-72(46-26-30-51-96-90(120)125-58-67-39-19-9-20-40-67)82(112)104-76(61(3)106)85(115)92-52-47-73(81(111)97-70(44-24-28-49-94-88(118)123-56-65-35-15-7-16-36-65)80(110)103-75(84(114)102-74)54-63-31-11-5-12-32-63)100-79(109)71(45-25-29-50-95-89(119)124-57-66-37-17-8-18-38-66)101-86(116)77(62(4)107)105-91(121)126-59-68-41-21-10-22-42-68/h5-22,31-42,60-62,69-77,106-107H,23-30,43-59H2,1-4H3,(H,92,115)(H,93,117)(H,94,118)(H,95,119)(H,96,120)(H,97,111)(H,98,108)(H,99,113)(H,100,109)(H,101,116)(H,102,114)(H,103,110)(H,104,112)(H,105,121)/t61-,62-,69+,70+,71+,72+,73+,74+,75-,76+,77+/m1/s1. The number of rotatable bonds is 41. The molecule has 1 saturated heterocycles. The van der Waals surface area contributed by atoms with Crippen molar-refractivity contribution in [3.63, 3.8) is 0 Å². The number of benzene rings is 6. The maximum Gasteiger partial charge on any atom is 0.408 e. The number of amides is 14. The molecule has 7 rings (SSSR count). The van der Waals surface area contributed by atoms with E-state index >= 15 is 28.8 Å². The molecule has 0 radical (unpaired) electrons. The van der Waals surface area contributed by atoms with Crippen LogP contribution in [-0.4, -0.2) is 193 Å². The van der Waals surface area contributed by atoms with Gasteiger partial charge in [-0.2, -0.15) is 0 Å². The first-order valence-electron chi connectivity index (χ1n) is 42.6. The highest BCUT2D eigenvalue weighted by Crippen LogP contribution is 2.17. The van der Waals surface area contributed by atoms with E-state index in [0.29, 0.717) is 11.1 Å². The molecule has 0 spiro atoms. The lowest BCUT2D eigenvalue weighted by molar-refractivity contribution is -0.136. The van der Waals surface area contributed by atoms with Crippen molar-refractivity contribution in [2.75, 3.05) is 32.7 Å². The van der Waals surface area contributed by atoms with Crippen molar-refractivity contribution in [2.24, 2.45) is 5.92 Å². The van der Waals surface area contributed by atoms with Crippen LogP contribution in [0.15, 0.2) is 182 Å². The third kappa shape index (κ3) is 38.7. The Balaban J connectivity index is 1.24. The van der Waals surface area contributed by atoms with E-state index in [2.05, 4.69) is 74.4 Å². The molecule has 11 atom stereocenters. The second-order valence-corrected chi connectivity index (χ2v) is 30.9. The van der Waals surface area contributed by atoms with Gasteiger partial charge >= 0.3 is 30.5 Å². The van der Waals surface area contributed by atoms with Gasteiger partial charge in [0.25, 0.3) is 0 Å². The van der Waals surface area contributed by atoms with Crippen LogP contribution in [0.3, 0.4) is 0 Å². The lowest BCUT2D eigenvalue weighted by Gasteiger charge is -2.29. The largest absolute Gasteiger partial charge is 0.445 e. The summed E-state index contributed by atoms with van der Waals surface area (Å²) >= 11 is 0. The molecule has 14 amide bonds. The predicted octanol–water partition coefficient (Wildman–Crippen LogP) is 6.12. The van der Waals surface area contributed by atoms with Gasteiger partial charge in [-0.3, -0.25) is 43.2 Å². The Morgan fingerprint density at radius 2 is 0.690 bits per heavy atom. The third-order valence-corrected chi connectivity index (χ3v) is 20.1. The number of aliphatic hydroxyl groups is 2. The number of carbonyl (C=O) groups is 14. The maximum absolute atomic E-state index is 15.5. The molecule has 1 aliphatic heterocycles. The monoisotopic (exact) mass is 1740 g/mol. The quantitative estimate of drug-likeness (QED) is 0.0152. The van der Waals surface area contributed by atoms with Crippen LogP contribution in [0.4, 0.5) is 24.0 Å². The lowest BCUT2D eigenvalue weighted by atomic mass is 9.99. The molecule has 1 aliphatic rings. The lowest BCUT2D eigenvalue weighted by Crippen LogP contribution is -2.61. The van der Waals surface area contributed by atoms with Crippen molar-refractivity contribution in [2.45, 2.75) is 224 Å². The van der Waals surface area contributed by atoms with Crippen LogP contribution in [0.1, 0.15) is 151 Å². The maximum atomic E-state index is 15.5. The van der Waals surface area contributed by atoms with Crippen molar-refractivity contribution in [3.05, 3.63) is 215 Å². The number of hydrogen-bond acceptors (Lipinski definition) is 21. The molecule has 680 valence electrons. The fourth-order valence-corrected chi connectivity index (χ4v) is 13.2. The predicted molar refractivity (Wildman–Crippen MR) is 464 cm³/mol. The average molecular weight is 1750 g/mol. The van der Waals surface area contributed by atoms with Gasteiger partial charge in [0, 0.05) is 39.1 Å². The van der Waals surface area contributed by atoms with Crippen LogP contribution in [0.5, 0.6) is 0 Å². The molecule has 1 fully saturated rings. The van der Waals surface area contributed by atoms with E-state index in [-0.39, 0.29) is 155 Å². The first-order valence-corrected chi connectivity index (χ1v) is 42.6. The second-order valence-electron chi connectivity index (χ2n) is 30.9. The summed E-state index contributed by atoms with van der Waals surface area (Å²) in [4.78, 5) is 201. The minimum atomic E-state index is -1.83. The third-order valence-electron chi connectivity index (χ3n) is 20.1. The molecule has 0 bridgehead atoms. The summed E-state index contributed by atoms with van der Waals surface area (Å²) in [5, 5.41) is 59.7. The van der Waals surface area contributed by atoms with E-state index in [0.717, 1.165) is 22.3 Å². The van der Waals surface area contributed by atoms with E-state index in [1.807, 2.05) is 12.1 Å². The van der Waals surface area contributed by atoms with Crippen LogP contribution in [0.25, 0.3) is 0 Å². The summed E-state index contributed by atoms with van der Waals surface area (Å²) in [6, 6.07) is 38.1. The first kappa shape index (κ1) is 99.9. The molecular formula is C91H120N14O21. The molecule has 0 saturated carbocycles. The molecule has 126 heavy (non-hydrogen) atoms. The summed E-state index contributed by atoms with van der Waals surface area (Å²) in [5.74, 6) is -9.28. The number of unbranched alkanes of at least 4 members (excludes halogenated alkanes) is 4. The molecule has 0 aromatic heterocycles. The Morgan fingerprint density at radius 3 is 1.06 bits per heavy atom. The second kappa shape index (κ2) is 55.8. The number of alkyl carbamates (subject to hydrolysis) is 5. The van der Waals surface area contributed by atoms with Gasteiger partial charge < -0.3 is 108 Å². The number of ether oxygens (including phenoxy) is 5. The number of nitrogens with one attached hydrogen (secondary N) is 14. The molecular weight excluding hydrogens is 1630 g/mol. The summed E-state index contributed by atoms with van der Waals surface area (Å²) < 4.78 is 26.9. The van der Waals surface area contributed by atoms with Gasteiger partial charge in [0.2, 0.25) is 53.2 Å². The first-order chi connectivity index (χ1) is 60.8. The highest BCUT2D eigenvalue weighted by atomic mass is 16.6. The van der Waals surface area contributed by atoms with Crippen molar-refractivity contribution >= 4 is 83.6 Å². The van der Waals surface area contributed by atoms with Crippen molar-refractivity contribution in [1.29, 1.82) is 0 Å². The SMILES string of the molecule is CC(C)C[C@@H]1NC(=O)[C@@H](Cc2ccccc2)NC(=O)[C@H](CCCCNC(=O)OCc2ccccc2)NC(=O)[C@@H](NC(=O)[C@H](CCCCNC(=O)OCc2ccccc2)NC(=O)[C@@H](NC(=O)OCc2ccccc2)[C@@H](C)O)CCNC(=O)[C@H]([C@@H](C)O)NC(=O)[C@H](CCCCNC(=O)OCc2ccccc2)NC(=O)[C@H](CCCCNC(=O)OCc2ccccc2)NC1=O. The highest BCUT2D eigenvalue weighted by Gasteiger charge is 2.38. The molecule has 0 aliphatic carbocycles. The van der Waals surface area contributed by atoms with E-state index in [1.54, 1.807) is 184 Å². The van der Waals surface area contributed by atoms with Gasteiger partial charge in [0.15, 0.2) is 0 Å². The zero-order valence-electron chi connectivity index (χ0n) is 71.6. The fourth-order valence-electron chi connectivity index (χ4n) is 13.2. The molecule has 35 nitrogen and oxygen atoms in total. The van der Waals surface area contributed by atoms with Crippen molar-refractivity contribution in [1.82, 2.24) is 74.4 Å². The topological polar surface area (TPSA) is 494 Å². The summed E-state index contributed by atoms with van der Waals surface area (Å²) in [6.07, 6.45) is -7.85. The van der Waals surface area contributed by atoms with Gasteiger partial charge in [-0.05, 0) is 143 Å². The van der Waals surface area contributed by atoms with Gasteiger partial charge in [-0.25, -0.2) is 24.0 Å². The zero-order valence-corrected chi connectivity index (χ0v) is 71.6. The Labute approximate surface area is 733 Å². The van der Waals surface area contributed by atoms with E-state index in [1.165, 1.54) is 13.8 Å². The van der Waals surface area contributed by atoms with Crippen LogP contribution in [0, 0.1) is 5.92 Å². The fraction of sp³-hybridized carbons (Fsp3) is 0.451. The van der Waals surface area contributed by atoms with Crippen molar-refractivity contribution < 1.29 is 101 Å². The van der Waals surface area contributed by atoms with Crippen LogP contribution < -0.4 is 74.4 Å². The van der Waals surface area contributed by atoms with Crippen LogP contribution in [0.2, 0.25) is 0 Å².